The van der Waals surface area contributed by atoms with Gasteiger partial charge in [0.15, 0.2) is 5.17 Å². The van der Waals surface area contributed by atoms with Gasteiger partial charge in [-0.05, 0) is 53.1 Å². The Balaban J connectivity index is 1.58. The van der Waals surface area contributed by atoms with Crippen molar-refractivity contribution in [3.8, 4) is 0 Å². The molecule has 2 atom stereocenters. The van der Waals surface area contributed by atoms with Crippen LogP contribution in [0.5, 0.6) is 0 Å². The van der Waals surface area contributed by atoms with E-state index >= 15 is 0 Å². The van der Waals surface area contributed by atoms with Gasteiger partial charge in [-0.1, -0.05) is 61.3 Å². The summed E-state index contributed by atoms with van der Waals surface area (Å²) >= 11 is 13.7. The first-order valence-electron chi connectivity index (χ1n) is 11.2. The summed E-state index contributed by atoms with van der Waals surface area (Å²) in [5.41, 5.74) is 3.06. The molecule has 0 spiro atoms. The first kappa shape index (κ1) is 23.3. The number of carbonyl (C=O) groups is 2. The summed E-state index contributed by atoms with van der Waals surface area (Å²) in [6.07, 6.45) is 0. The van der Waals surface area contributed by atoms with Gasteiger partial charge in [-0.2, -0.15) is 0 Å². The fourth-order valence-corrected chi connectivity index (χ4v) is 6.22. The van der Waals surface area contributed by atoms with Gasteiger partial charge >= 0.3 is 0 Å². The van der Waals surface area contributed by atoms with Crippen LogP contribution in [0.3, 0.4) is 0 Å². The number of carbonyl (C=O) groups excluding carboxylic acids is 2. The first-order valence-corrected chi connectivity index (χ1v) is 12.8. The summed E-state index contributed by atoms with van der Waals surface area (Å²) in [6.45, 7) is 5.22. The molecule has 0 saturated carbocycles. The second-order valence-electron chi connectivity index (χ2n) is 8.82. The van der Waals surface area contributed by atoms with Crippen molar-refractivity contribution in [2.45, 2.75) is 25.9 Å². The van der Waals surface area contributed by atoms with Crippen LogP contribution in [0, 0.1) is 5.92 Å². The van der Waals surface area contributed by atoms with E-state index < -0.39 is 0 Å². The Hall–Kier alpha value is -2.48. The van der Waals surface area contributed by atoms with Gasteiger partial charge < -0.3 is 15.1 Å². The molecular formula is C25H24Cl2N4O2S. The number of benzene rings is 2. The van der Waals surface area contributed by atoms with E-state index in [-0.39, 0.29) is 36.4 Å². The van der Waals surface area contributed by atoms with Crippen LogP contribution < -0.4 is 5.32 Å². The Kier molecular flexibility index (Phi) is 6.35. The van der Waals surface area contributed by atoms with Crippen molar-refractivity contribution in [2.24, 2.45) is 10.9 Å². The maximum absolute atomic E-state index is 13.5. The van der Waals surface area contributed by atoms with Crippen molar-refractivity contribution in [1.82, 2.24) is 15.1 Å². The highest BCUT2D eigenvalue weighted by Crippen LogP contribution is 2.53. The summed E-state index contributed by atoms with van der Waals surface area (Å²) in [5, 5.41) is 4.92. The Labute approximate surface area is 213 Å². The molecule has 3 aliphatic rings. The number of aliphatic imine (C=N–C) groups is 1. The Morgan fingerprint density at radius 1 is 1.06 bits per heavy atom. The first-order chi connectivity index (χ1) is 16.3. The number of amidine groups is 1. The number of nitrogens with one attached hydrogen (secondary N) is 1. The zero-order valence-corrected chi connectivity index (χ0v) is 21.1. The van der Waals surface area contributed by atoms with Gasteiger partial charge in [-0.25, -0.2) is 0 Å². The zero-order valence-electron chi connectivity index (χ0n) is 18.8. The molecular weight excluding hydrogens is 491 g/mol. The number of amides is 2. The third kappa shape index (κ3) is 4.21. The van der Waals surface area contributed by atoms with E-state index in [1.54, 1.807) is 4.90 Å². The molecule has 0 radical (unpaired) electrons. The average Bonchev–Trinajstić information content (AvgIpc) is 3.36. The second kappa shape index (κ2) is 9.29. The smallest absolute Gasteiger partial charge is 0.263 e. The maximum Gasteiger partial charge on any atom is 0.263 e. The summed E-state index contributed by atoms with van der Waals surface area (Å²) in [4.78, 5) is 35.0. The molecule has 1 fully saturated rings. The molecule has 6 nitrogen and oxygen atoms in total. The van der Waals surface area contributed by atoms with Crippen LogP contribution >= 0.6 is 35.0 Å². The zero-order chi connectivity index (χ0) is 24.0. The standard InChI is InChI=1S/C25H24Cl2N4O2S/c1-14(2)21-23(24(33)30-12-11-28-19(32)13-30)34-25-29-20(15-3-7-17(26)8-4-15)22(31(21)25)16-5-9-18(27)10-6-16/h3-10,14,20,22H,11-13H2,1-2H3,(H,28,32)/t20-,22+/m0/s1. The lowest BCUT2D eigenvalue weighted by molar-refractivity contribution is -0.135. The number of allylic oxidation sites excluding steroid dienone is 1. The summed E-state index contributed by atoms with van der Waals surface area (Å²) in [6, 6.07) is 15.3. The van der Waals surface area contributed by atoms with Crippen LogP contribution in [0.2, 0.25) is 10.0 Å². The summed E-state index contributed by atoms with van der Waals surface area (Å²) in [7, 11) is 0. The maximum atomic E-state index is 13.5. The normalized spacial score (nSPS) is 22.3. The monoisotopic (exact) mass is 514 g/mol. The third-order valence-corrected chi connectivity index (χ3v) is 7.78. The van der Waals surface area contributed by atoms with E-state index in [0.29, 0.717) is 28.0 Å². The van der Waals surface area contributed by atoms with Gasteiger partial charge in [-0.3, -0.25) is 14.6 Å². The number of hydrogen-bond acceptors (Lipinski definition) is 5. The number of halogens is 2. The van der Waals surface area contributed by atoms with Crippen LogP contribution in [0.25, 0.3) is 0 Å². The van der Waals surface area contributed by atoms with Crippen molar-refractivity contribution in [2.75, 3.05) is 19.6 Å². The van der Waals surface area contributed by atoms with Crippen molar-refractivity contribution in [3.63, 3.8) is 0 Å². The molecule has 3 aliphatic heterocycles. The summed E-state index contributed by atoms with van der Waals surface area (Å²) < 4.78 is 0. The van der Waals surface area contributed by atoms with E-state index in [2.05, 4.69) is 24.1 Å². The Morgan fingerprint density at radius 2 is 1.68 bits per heavy atom. The topological polar surface area (TPSA) is 65.0 Å². The second-order valence-corrected chi connectivity index (χ2v) is 10.7. The Bertz CT molecular complexity index is 1190. The molecule has 0 bridgehead atoms. The molecule has 2 aromatic rings. The highest BCUT2D eigenvalue weighted by Gasteiger charge is 2.47. The van der Waals surface area contributed by atoms with Gasteiger partial charge in [0.2, 0.25) is 5.91 Å². The molecule has 176 valence electrons. The van der Waals surface area contributed by atoms with Crippen molar-refractivity contribution < 1.29 is 9.59 Å². The fourth-order valence-electron chi connectivity index (χ4n) is 4.65. The Morgan fingerprint density at radius 3 is 2.26 bits per heavy atom. The van der Waals surface area contributed by atoms with Crippen LogP contribution in [-0.4, -0.2) is 46.4 Å². The molecule has 34 heavy (non-hydrogen) atoms. The van der Waals surface area contributed by atoms with E-state index in [1.165, 1.54) is 11.8 Å². The molecule has 1 N–H and O–H groups in total. The minimum Gasteiger partial charge on any atom is -0.353 e. The van der Waals surface area contributed by atoms with Crippen LogP contribution in [0.1, 0.15) is 37.1 Å². The molecule has 1 saturated heterocycles. The minimum absolute atomic E-state index is 0.0781. The molecule has 0 unspecified atom stereocenters. The molecule has 9 heteroatoms. The third-order valence-electron chi connectivity index (χ3n) is 6.21. The highest BCUT2D eigenvalue weighted by atomic mass is 35.5. The minimum atomic E-state index is -0.160. The van der Waals surface area contributed by atoms with E-state index in [1.807, 2.05) is 48.5 Å². The number of thioether (sulfide) groups is 1. The molecule has 2 aromatic carbocycles. The quantitative estimate of drug-likeness (QED) is 0.621. The molecule has 3 heterocycles. The van der Waals surface area contributed by atoms with E-state index in [0.717, 1.165) is 22.0 Å². The largest absolute Gasteiger partial charge is 0.353 e. The molecule has 5 rings (SSSR count). The van der Waals surface area contributed by atoms with Gasteiger partial charge in [-0.15, -0.1) is 0 Å². The van der Waals surface area contributed by atoms with Crippen molar-refractivity contribution >= 4 is 51.9 Å². The van der Waals surface area contributed by atoms with Crippen LogP contribution in [0.15, 0.2) is 64.1 Å². The number of nitrogens with zero attached hydrogens (tertiary/aromatic N) is 3. The fraction of sp³-hybridized carbons (Fsp3) is 0.320. The van der Waals surface area contributed by atoms with E-state index in [9.17, 15) is 9.59 Å². The lowest BCUT2D eigenvalue weighted by Crippen LogP contribution is -2.50. The predicted molar refractivity (Wildman–Crippen MR) is 137 cm³/mol. The van der Waals surface area contributed by atoms with Gasteiger partial charge in [0.1, 0.15) is 10.9 Å². The molecule has 2 amide bonds. The predicted octanol–water partition coefficient (Wildman–Crippen LogP) is 5.02. The van der Waals surface area contributed by atoms with Gasteiger partial charge in [0.05, 0.1) is 12.6 Å². The number of fused-ring (bicyclic) bond motifs is 1. The van der Waals surface area contributed by atoms with Crippen molar-refractivity contribution in [3.05, 3.63) is 80.3 Å². The number of hydrogen-bond donors (Lipinski definition) is 1. The SMILES string of the molecule is CC(C)C1=C(C(=O)N2CCNC(=O)C2)SC2=N[C@@H](c3ccc(Cl)cc3)[C@@H](c3ccc(Cl)cc3)N21. The van der Waals surface area contributed by atoms with E-state index in [4.69, 9.17) is 28.2 Å². The number of rotatable bonds is 4. The van der Waals surface area contributed by atoms with Gasteiger partial charge in [0, 0.05) is 28.8 Å². The molecule has 0 aromatic heterocycles. The molecule has 0 aliphatic carbocycles. The van der Waals surface area contributed by atoms with Crippen LogP contribution in [0.4, 0.5) is 0 Å². The van der Waals surface area contributed by atoms with Gasteiger partial charge in [0.25, 0.3) is 5.91 Å². The van der Waals surface area contributed by atoms with Crippen molar-refractivity contribution in [1.29, 1.82) is 0 Å². The van der Waals surface area contributed by atoms with Crippen LogP contribution in [-0.2, 0) is 9.59 Å². The lowest BCUT2D eigenvalue weighted by atomic mass is 9.92. The number of piperazine rings is 1. The lowest BCUT2D eigenvalue weighted by Gasteiger charge is -2.32. The summed E-state index contributed by atoms with van der Waals surface area (Å²) in [5.74, 6) is -0.163. The highest BCUT2D eigenvalue weighted by molar-refractivity contribution is 8.18. The average molecular weight is 515 g/mol.